The molecule has 2 aromatic rings. The Bertz CT molecular complexity index is 585. The van der Waals surface area contributed by atoms with Gasteiger partial charge in [-0.15, -0.1) is 0 Å². The lowest BCUT2D eigenvalue weighted by molar-refractivity contribution is -0.120. The molecule has 5 heteroatoms. The van der Waals surface area contributed by atoms with Gasteiger partial charge < -0.3 is 4.74 Å². The summed E-state index contributed by atoms with van der Waals surface area (Å²) in [6.45, 7) is 0.385. The van der Waals surface area contributed by atoms with Gasteiger partial charge in [0.05, 0.1) is 6.42 Å². The van der Waals surface area contributed by atoms with Gasteiger partial charge >= 0.3 is 0 Å². The number of hydrogen-bond donors (Lipinski definition) is 2. The predicted molar refractivity (Wildman–Crippen MR) is 78.3 cm³/mol. The number of halogens is 1. The van der Waals surface area contributed by atoms with Gasteiger partial charge in [-0.25, -0.2) is 5.84 Å². The minimum absolute atomic E-state index is 0.232. The Kier molecular flexibility index (Phi) is 4.98. The van der Waals surface area contributed by atoms with E-state index in [-0.39, 0.29) is 12.3 Å². The molecule has 0 aliphatic carbocycles. The van der Waals surface area contributed by atoms with Crippen LogP contribution in [0.2, 0.25) is 5.02 Å². The Labute approximate surface area is 122 Å². The largest absolute Gasteiger partial charge is 0.489 e. The van der Waals surface area contributed by atoms with Crippen LogP contribution in [0.1, 0.15) is 11.1 Å². The maximum absolute atomic E-state index is 11.4. The third kappa shape index (κ3) is 3.98. The summed E-state index contributed by atoms with van der Waals surface area (Å²) in [6.07, 6.45) is 0.233. The second kappa shape index (κ2) is 6.93. The van der Waals surface area contributed by atoms with Crippen LogP contribution in [-0.4, -0.2) is 5.91 Å². The number of nitrogens with one attached hydrogen (secondary N) is 1. The molecule has 0 aromatic heterocycles. The van der Waals surface area contributed by atoms with Crippen molar-refractivity contribution in [1.29, 1.82) is 0 Å². The van der Waals surface area contributed by atoms with Gasteiger partial charge in [-0.3, -0.25) is 10.2 Å². The van der Waals surface area contributed by atoms with Crippen molar-refractivity contribution < 1.29 is 9.53 Å². The van der Waals surface area contributed by atoms with Crippen molar-refractivity contribution in [3.05, 3.63) is 64.7 Å². The molecule has 1 amide bonds. The third-order valence-corrected chi connectivity index (χ3v) is 3.09. The summed E-state index contributed by atoms with van der Waals surface area (Å²) in [7, 11) is 0. The summed E-state index contributed by atoms with van der Waals surface area (Å²) in [5.41, 5.74) is 3.97. The standard InChI is InChI=1S/C15H15ClN2O2/c16-13-5-7-14(8-6-13)20-10-12-4-2-1-3-11(12)9-15(19)18-17/h1-8H,9-10,17H2,(H,18,19). The molecule has 2 rings (SSSR count). The number of ether oxygens (including phenoxy) is 1. The Morgan fingerprint density at radius 2 is 1.75 bits per heavy atom. The van der Waals surface area contributed by atoms with Crippen molar-refractivity contribution in [3.63, 3.8) is 0 Å². The van der Waals surface area contributed by atoms with Crippen LogP contribution in [0, 0.1) is 0 Å². The molecule has 0 unspecified atom stereocenters. The molecule has 0 aliphatic rings. The van der Waals surface area contributed by atoms with E-state index in [2.05, 4.69) is 5.43 Å². The lowest BCUT2D eigenvalue weighted by Crippen LogP contribution is -2.31. The number of carbonyl (C=O) groups is 1. The van der Waals surface area contributed by atoms with Gasteiger partial charge in [0.2, 0.25) is 5.91 Å². The summed E-state index contributed by atoms with van der Waals surface area (Å²) < 4.78 is 5.68. The van der Waals surface area contributed by atoms with E-state index in [1.165, 1.54) is 0 Å². The highest BCUT2D eigenvalue weighted by Crippen LogP contribution is 2.18. The van der Waals surface area contributed by atoms with Gasteiger partial charge in [0.1, 0.15) is 12.4 Å². The van der Waals surface area contributed by atoms with Crippen LogP contribution in [0.25, 0.3) is 0 Å². The molecule has 0 aliphatic heterocycles. The van der Waals surface area contributed by atoms with Crippen molar-refractivity contribution in [2.75, 3.05) is 0 Å². The molecule has 3 N–H and O–H groups in total. The Morgan fingerprint density at radius 3 is 2.40 bits per heavy atom. The number of amides is 1. The molecular formula is C15H15ClN2O2. The average Bonchev–Trinajstić information content (AvgIpc) is 2.48. The smallest absolute Gasteiger partial charge is 0.238 e. The van der Waals surface area contributed by atoms with Gasteiger partial charge in [0.15, 0.2) is 0 Å². The van der Waals surface area contributed by atoms with Crippen molar-refractivity contribution in [1.82, 2.24) is 5.43 Å². The van der Waals surface area contributed by atoms with E-state index >= 15 is 0 Å². The Morgan fingerprint density at radius 1 is 1.10 bits per heavy atom. The van der Waals surface area contributed by atoms with E-state index in [1.54, 1.807) is 24.3 Å². The summed E-state index contributed by atoms with van der Waals surface area (Å²) in [5, 5.41) is 0.664. The number of hydrogen-bond acceptors (Lipinski definition) is 3. The zero-order valence-electron chi connectivity index (χ0n) is 10.8. The van der Waals surface area contributed by atoms with Crippen molar-refractivity contribution in [3.8, 4) is 5.75 Å². The first-order valence-corrected chi connectivity index (χ1v) is 6.51. The Balaban J connectivity index is 2.05. The first-order chi connectivity index (χ1) is 9.69. The predicted octanol–water partition coefficient (Wildman–Crippen LogP) is 2.45. The van der Waals surface area contributed by atoms with Crippen LogP contribution >= 0.6 is 11.6 Å². The lowest BCUT2D eigenvalue weighted by atomic mass is 10.1. The van der Waals surface area contributed by atoms with E-state index in [4.69, 9.17) is 22.2 Å². The molecule has 0 atom stereocenters. The quantitative estimate of drug-likeness (QED) is 0.505. The van der Waals surface area contributed by atoms with Crippen LogP contribution < -0.4 is 16.0 Å². The zero-order valence-corrected chi connectivity index (χ0v) is 11.6. The summed E-state index contributed by atoms with van der Waals surface area (Å²) in [4.78, 5) is 11.4. The van der Waals surface area contributed by atoms with E-state index in [0.29, 0.717) is 11.6 Å². The second-order valence-corrected chi connectivity index (χ2v) is 4.69. The van der Waals surface area contributed by atoms with Crippen LogP contribution in [0.3, 0.4) is 0 Å². The van der Waals surface area contributed by atoms with Gasteiger partial charge in [-0.05, 0) is 35.4 Å². The summed E-state index contributed by atoms with van der Waals surface area (Å²) >= 11 is 5.82. The van der Waals surface area contributed by atoms with E-state index in [9.17, 15) is 4.79 Å². The molecule has 0 fully saturated rings. The second-order valence-electron chi connectivity index (χ2n) is 4.26. The summed E-state index contributed by atoms with van der Waals surface area (Å²) in [6, 6.07) is 14.7. The van der Waals surface area contributed by atoms with Crippen LogP contribution in [-0.2, 0) is 17.8 Å². The normalized spacial score (nSPS) is 10.1. The number of hydrazine groups is 1. The maximum atomic E-state index is 11.4. The molecule has 0 saturated carbocycles. The first-order valence-electron chi connectivity index (χ1n) is 6.13. The van der Waals surface area contributed by atoms with E-state index in [0.717, 1.165) is 16.9 Å². The Hall–Kier alpha value is -2.04. The zero-order chi connectivity index (χ0) is 14.4. The first kappa shape index (κ1) is 14.4. The molecular weight excluding hydrogens is 276 g/mol. The molecule has 0 bridgehead atoms. The monoisotopic (exact) mass is 290 g/mol. The molecule has 2 aromatic carbocycles. The van der Waals surface area contributed by atoms with Gasteiger partial charge in [-0.2, -0.15) is 0 Å². The fraction of sp³-hybridized carbons (Fsp3) is 0.133. The van der Waals surface area contributed by atoms with Crippen LogP contribution in [0.4, 0.5) is 0 Å². The molecule has 0 spiro atoms. The molecule has 0 radical (unpaired) electrons. The topological polar surface area (TPSA) is 64.3 Å². The van der Waals surface area contributed by atoms with Crippen LogP contribution in [0.15, 0.2) is 48.5 Å². The van der Waals surface area contributed by atoms with Gasteiger partial charge in [0, 0.05) is 5.02 Å². The average molecular weight is 291 g/mol. The minimum Gasteiger partial charge on any atom is -0.489 e. The summed E-state index contributed by atoms with van der Waals surface area (Å²) in [5.74, 6) is 5.60. The molecule has 0 heterocycles. The highest BCUT2D eigenvalue weighted by Gasteiger charge is 2.07. The SMILES string of the molecule is NNC(=O)Cc1ccccc1COc1ccc(Cl)cc1. The fourth-order valence-corrected chi connectivity index (χ4v) is 1.91. The van der Waals surface area contributed by atoms with Gasteiger partial charge in [-0.1, -0.05) is 35.9 Å². The number of nitrogens with two attached hydrogens (primary N) is 1. The highest BCUT2D eigenvalue weighted by atomic mass is 35.5. The van der Waals surface area contributed by atoms with Crippen LogP contribution in [0.5, 0.6) is 5.75 Å². The third-order valence-electron chi connectivity index (χ3n) is 2.84. The minimum atomic E-state index is -0.232. The van der Waals surface area contributed by atoms with E-state index in [1.807, 2.05) is 24.3 Å². The lowest BCUT2D eigenvalue weighted by Gasteiger charge is -2.10. The van der Waals surface area contributed by atoms with Crippen molar-refractivity contribution in [2.24, 2.45) is 5.84 Å². The maximum Gasteiger partial charge on any atom is 0.238 e. The van der Waals surface area contributed by atoms with Crippen molar-refractivity contribution >= 4 is 17.5 Å². The molecule has 0 saturated heterocycles. The fourth-order valence-electron chi connectivity index (χ4n) is 1.79. The highest BCUT2D eigenvalue weighted by molar-refractivity contribution is 6.30. The number of benzene rings is 2. The molecule has 4 nitrogen and oxygen atoms in total. The van der Waals surface area contributed by atoms with Crippen molar-refractivity contribution in [2.45, 2.75) is 13.0 Å². The van der Waals surface area contributed by atoms with Gasteiger partial charge in [0.25, 0.3) is 0 Å². The molecule has 104 valence electrons. The van der Waals surface area contributed by atoms with E-state index < -0.39 is 0 Å². The number of rotatable bonds is 5. The number of carbonyl (C=O) groups excluding carboxylic acids is 1. The molecule has 20 heavy (non-hydrogen) atoms.